The van der Waals surface area contributed by atoms with Gasteiger partial charge in [0.05, 0.1) is 31.2 Å². The van der Waals surface area contributed by atoms with Gasteiger partial charge in [0.25, 0.3) is 0 Å². The summed E-state index contributed by atoms with van der Waals surface area (Å²) >= 11 is 0. The number of nitrogens with two attached hydrogens (primary N) is 1. The highest BCUT2D eigenvalue weighted by Gasteiger charge is 2.08. The fraction of sp³-hybridized carbons (Fsp3) is 0.267. The van der Waals surface area contributed by atoms with E-state index in [0.29, 0.717) is 36.0 Å². The highest BCUT2D eigenvalue weighted by Crippen LogP contribution is 2.21. The molecule has 1 heterocycles. The lowest BCUT2D eigenvalue weighted by Crippen LogP contribution is -2.11. The summed E-state index contributed by atoms with van der Waals surface area (Å²) in [7, 11) is 2.97. The molecule has 0 fully saturated rings. The van der Waals surface area contributed by atoms with Crippen LogP contribution in [0.25, 0.3) is 11.3 Å². The van der Waals surface area contributed by atoms with Crippen molar-refractivity contribution in [2.75, 3.05) is 38.4 Å². The van der Waals surface area contributed by atoms with Crippen LogP contribution in [0.2, 0.25) is 0 Å². The summed E-state index contributed by atoms with van der Waals surface area (Å²) in [5.41, 5.74) is 7.76. The van der Waals surface area contributed by atoms with Crippen LogP contribution in [0, 0.1) is 0 Å². The van der Waals surface area contributed by atoms with E-state index in [1.807, 2.05) is 0 Å². The molecule has 7 heteroatoms. The van der Waals surface area contributed by atoms with Crippen molar-refractivity contribution in [2.24, 2.45) is 0 Å². The zero-order valence-electron chi connectivity index (χ0n) is 12.5. The quantitative estimate of drug-likeness (QED) is 0.617. The number of hydrogen-bond donors (Lipinski definition) is 2. The van der Waals surface area contributed by atoms with Gasteiger partial charge in [0, 0.05) is 19.2 Å². The van der Waals surface area contributed by atoms with Crippen molar-refractivity contribution < 1.29 is 14.3 Å². The average Bonchev–Trinajstić information content (AvgIpc) is 2.56. The van der Waals surface area contributed by atoms with Gasteiger partial charge in [-0.1, -0.05) is 12.1 Å². The molecule has 0 unspecified atom stereocenters. The summed E-state index contributed by atoms with van der Waals surface area (Å²) in [4.78, 5) is 20.0. The maximum atomic E-state index is 11.4. The molecule has 1 aromatic heterocycles. The number of carbonyl (C=O) groups is 1. The lowest BCUT2D eigenvalue weighted by molar-refractivity contribution is 0.0601. The maximum Gasteiger partial charge on any atom is 0.337 e. The largest absolute Gasteiger partial charge is 0.465 e. The first-order chi connectivity index (χ1) is 10.7. The van der Waals surface area contributed by atoms with Crippen LogP contribution >= 0.6 is 0 Å². The van der Waals surface area contributed by atoms with Gasteiger partial charge in [-0.3, -0.25) is 0 Å². The van der Waals surface area contributed by atoms with Crippen LogP contribution in [0.15, 0.2) is 30.5 Å². The number of nitrogens with zero attached hydrogens (tertiary/aromatic N) is 2. The Balaban J connectivity index is 2.21. The molecule has 116 valence electrons. The topological polar surface area (TPSA) is 99.4 Å². The van der Waals surface area contributed by atoms with Gasteiger partial charge < -0.3 is 20.5 Å². The van der Waals surface area contributed by atoms with Crippen molar-refractivity contribution in [1.82, 2.24) is 9.97 Å². The zero-order valence-corrected chi connectivity index (χ0v) is 12.5. The van der Waals surface area contributed by atoms with E-state index in [0.717, 1.165) is 5.56 Å². The minimum Gasteiger partial charge on any atom is -0.465 e. The van der Waals surface area contributed by atoms with Crippen molar-refractivity contribution in [3.63, 3.8) is 0 Å². The molecule has 2 aromatic rings. The summed E-state index contributed by atoms with van der Waals surface area (Å²) in [5, 5.41) is 3.07. The standard InChI is InChI=1S/C15H18N4O3/c1-21-8-7-17-14-13(16)18-9-12(19-14)10-3-5-11(6-4-10)15(20)22-2/h3-6,9H,7-8H2,1-2H3,(H2,16,18)(H,17,19). The van der Waals surface area contributed by atoms with Gasteiger partial charge in [-0.2, -0.15) is 0 Å². The van der Waals surface area contributed by atoms with Crippen LogP contribution < -0.4 is 11.1 Å². The van der Waals surface area contributed by atoms with Crippen LogP contribution in [0.3, 0.4) is 0 Å². The number of anilines is 2. The minimum atomic E-state index is -0.378. The summed E-state index contributed by atoms with van der Waals surface area (Å²) in [5.74, 6) is 0.453. The molecule has 7 nitrogen and oxygen atoms in total. The van der Waals surface area contributed by atoms with Crippen LogP contribution in [0.4, 0.5) is 11.6 Å². The third-order valence-electron chi connectivity index (χ3n) is 3.00. The fourth-order valence-corrected chi connectivity index (χ4v) is 1.83. The molecule has 2 rings (SSSR count). The third kappa shape index (κ3) is 3.70. The first kappa shape index (κ1) is 15.7. The first-order valence-corrected chi connectivity index (χ1v) is 6.69. The second kappa shape index (κ2) is 7.37. The number of carbonyl (C=O) groups excluding carboxylic acids is 1. The van der Waals surface area contributed by atoms with E-state index >= 15 is 0 Å². The highest BCUT2D eigenvalue weighted by molar-refractivity contribution is 5.89. The van der Waals surface area contributed by atoms with Gasteiger partial charge in [0.1, 0.15) is 0 Å². The highest BCUT2D eigenvalue weighted by atomic mass is 16.5. The zero-order chi connectivity index (χ0) is 15.9. The molecule has 0 saturated heterocycles. The lowest BCUT2D eigenvalue weighted by Gasteiger charge is -2.09. The lowest BCUT2D eigenvalue weighted by atomic mass is 10.1. The van der Waals surface area contributed by atoms with Crippen molar-refractivity contribution in [1.29, 1.82) is 0 Å². The molecule has 22 heavy (non-hydrogen) atoms. The number of methoxy groups -OCH3 is 2. The van der Waals surface area contributed by atoms with E-state index in [1.165, 1.54) is 7.11 Å². The van der Waals surface area contributed by atoms with Crippen LogP contribution in [-0.4, -0.2) is 43.3 Å². The van der Waals surface area contributed by atoms with Crippen molar-refractivity contribution >= 4 is 17.6 Å². The van der Waals surface area contributed by atoms with Gasteiger partial charge in [-0.05, 0) is 12.1 Å². The van der Waals surface area contributed by atoms with E-state index in [-0.39, 0.29) is 5.97 Å². The summed E-state index contributed by atoms with van der Waals surface area (Å²) in [6, 6.07) is 6.92. The van der Waals surface area contributed by atoms with Crippen LogP contribution in [0.5, 0.6) is 0 Å². The Morgan fingerprint density at radius 3 is 2.64 bits per heavy atom. The number of ether oxygens (including phenoxy) is 2. The maximum absolute atomic E-state index is 11.4. The van der Waals surface area contributed by atoms with Gasteiger partial charge in [-0.25, -0.2) is 14.8 Å². The van der Waals surface area contributed by atoms with Crippen LogP contribution in [-0.2, 0) is 9.47 Å². The van der Waals surface area contributed by atoms with Gasteiger partial charge in [0.2, 0.25) is 0 Å². The molecular weight excluding hydrogens is 284 g/mol. The smallest absolute Gasteiger partial charge is 0.337 e. The third-order valence-corrected chi connectivity index (χ3v) is 3.00. The number of nitrogens with one attached hydrogen (secondary N) is 1. The molecule has 0 amide bonds. The monoisotopic (exact) mass is 302 g/mol. The van der Waals surface area contributed by atoms with Gasteiger partial charge in [-0.15, -0.1) is 0 Å². The summed E-state index contributed by atoms with van der Waals surface area (Å²) in [6.45, 7) is 1.12. The minimum absolute atomic E-state index is 0.325. The molecule has 0 atom stereocenters. The predicted molar refractivity (Wildman–Crippen MR) is 83.6 cm³/mol. The molecule has 0 aliphatic heterocycles. The van der Waals surface area contributed by atoms with E-state index in [2.05, 4.69) is 20.0 Å². The fourth-order valence-electron chi connectivity index (χ4n) is 1.83. The van der Waals surface area contributed by atoms with E-state index in [4.69, 9.17) is 10.5 Å². The molecule has 0 aliphatic rings. The molecule has 0 bridgehead atoms. The number of hydrogen-bond acceptors (Lipinski definition) is 7. The molecule has 0 saturated carbocycles. The molecule has 3 N–H and O–H groups in total. The molecule has 0 aliphatic carbocycles. The number of aromatic nitrogens is 2. The van der Waals surface area contributed by atoms with Gasteiger partial charge in [0.15, 0.2) is 11.6 Å². The Kier molecular flexibility index (Phi) is 5.26. The Morgan fingerprint density at radius 1 is 1.27 bits per heavy atom. The molecule has 0 radical (unpaired) electrons. The summed E-state index contributed by atoms with van der Waals surface area (Å²) < 4.78 is 9.64. The number of benzene rings is 1. The Hall–Kier alpha value is -2.67. The molecule has 1 aromatic carbocycles. The first-order valence-electron chi connectivity index (χ1n) is 6.69. The van der Waals surface area contributed by atoms with Gasteiger partial charge >= 0.3 is 5.97 Å². The number of rotatable bonds is 6. The SMILES string of the molecule is COCCNc1nc(-c2ccc(C(=O)OC)cc2)cnc1N. The van der Waals surface area contributed by atoms with E-state index in [9.17, 15) is 4.79 Å². The second-order valence-electron chi connectivity index (χ2n) is 4.48. The van der Waals surface area contributed by atoms with Crippen molar-refractivity contribution in [3.05, 3.63) is 36.0 Å². The molecule has 0 spiro atoms. The van der Waals surface area contributed by atoms with E-state index < -0.39 is 0 Å². The molecular formula is C15H18N4O3. The second-order valence-corrected chi connectivity index (χ2v) is 4.48. The number of nitrogen functional groups attached to an aromatic ring is 1. The Morgan fingerprint density at radius 2 is 2.00 bits per heavy atom. The Labute approximate surface area is 128 Å². The number of esters is 1. The average molecular weight is 302 g/mol. The Bertz CT molecular complexity index is 644. The normalized spacial score (nSPS) is 10.3. The van der Waals surface area contributed by atoms with E-state index in [1.54, 1.807) is 37.6 Å². The van der Waals surface area contributed by atoms with Crippen molar-refractivity contribution in [3.8, 4) is 11.3 Å². The van der Waals surface area contributed by atoms with Crippen LogP contribution in [0.1, 0.15) is 10.4 Å². The summed E-state index contributed by atoms with van der Waals surface area (Å²) in [6.07, 6.45) is 1.59. The van der Waals surface area contributed by atoms with Crippen molar-refractivity contribution in [2.45, 2.75) is 0 Å². The predicted octanol–water partition coefficient (Wildman–Crippen LogP) is 1.57.